The van der Waals surface area contributed by atoms with Crippen molar-refractivity contribution in [2.24, 2.45) is 0 Å². The number of Topliss-reactive ketones (excluding diaryl/α,β-unsaturated/α-hetero) is 1. The van der Waals surface area contributed by atoms with Gasteiger partial charge < -0.3 is 0 Å². The topological polar surface area (TPSA) is 74.4 Å². The van der Waals surface area contributed by atoms with Crippen LogP contribution >= 0.6 is 0 Å². The maximum Gasteiger partial charge on any atom is 0.150 e. The predicted molar refractivity (Wildman–Crippen MR) is 59.0 cm³/mol. The molecule has 0 amide bonds. The zero-order valence-corrected chi connectivity index (χ0v) is 9.27. The molecular formula is C11H14N4O. The highest BCUT2D eigenvalue weighted by Gasteiger charge is 2.24. The molecule has 16 heavy (non-hydrogen) atoms. The van der Waals surface area contributed by atoms with Gasteiger partial charge in [0.25, 0.3) is 0 Å². The third-order valence-corrected chi connectivity index (χ3v) is 2.83. The maximum atomic E-state index is 12.1. The summed E-state index contributed by atoms with van der Waals surface area (Å²) in [6, 6.07) is 3.64. The highest BCUT2D eigenvalue weighted by atomic mass is 16.1. The molecule has 0 aliphatic heterocycles. The Morgan fingerprint density at radius 2 is 1.50 bits per heavy atom. The fourth-order valence-electron chi connectivity index (χ4n) is 1.70. The average molecular weight is 218 g/mol. The van der Waals surface area contributed by atoms with Gasteiger partial charge in [0.15, 0.2) is 0 Å². The molecule has 2 unspecified atom stereocenters. The molecule has 2 N–H and O–H groups in total. The van der Waals surface area contributed by atoms with Crippen LogP contribution in [0.4, 0.5) is 0 Å². The van der Waals surface area contributed by atoms with Crippen molar-refractivity contribution < 1.29 is 4.79 Å². The highest BCUT2D eigenvalue weighted by Crippen LogP contribution is 2.23. The summed E-state index contributed by atoms with van der Waals surface area (Å²) >= 11 is 0. The second kappa shape index (κ2) is 4.30. The Kier molecular flexibility index (Phi) is 2.85. The van der Waals surface area contributed by atoms with E-state index < -0.39 is 0 Å². The molecule has 5 nitrogen and oxygen atoms in total. The number of hydrogen-bond donors (Lipinski definition) is 2. The standard InChI is InChI=1S/C11H14N4O/c1-7(9-3-5-12-14-9)11(16)8(2)10-4-6-13-15-10/h3-8H,1-2H3,(H,12,14)(H,13,15). The van der Waals surface area contributed by atoms with Gasteiger partial charge in [0.1, 0.15) is 5.78 Å². The SMILES string of the molecule is CC(C(=O)C(C)c1ccn[nH]1)c1ccn[nH]1. The lowest BCUT2D eigenvalue weighted by Crippen LogP contribution is -2.17. The number of hydrogen-bond acceptors (Lipinski definition) is 3. The first-order valence-electron chi connectivity index (χ1n) is 5.22. The summed E-state index contributed by atoms with van der Waals surface area (Å²) in [4.78, 5) is 12.1. The summed E-state index contributed by atoms with van der Waals surface area (Å²) in [6.07, 6.45) is 3.31. The summed E-state index contributed by atoms with van der Waals surface area (Å²) in [7, 11) is 0. The van der Waals surface area contributed by atoms with E-state index in [-0.39, 0.29) is 17.6 Å². The molecule has 0 saturated heterocycles. The summed E-state index contributed by atoms with van der Waals surface area (Å²) in [5, 5.41) is 13.3. The second-order valence-corrected chi connectivity index (χ2v) is 3.87. The molecule has 0 saturated carbocycles. The van der Waals surface area contributed by atoms with Crippen LogP contribution in [0.15, 0.2) is 24.5 Å². The van der Waals surface area contributed by atoms with Crippen LogP contribution in [-0.2, 0) is 4.79 Å². The number of ketones is 1. The molecule has 0 aliphatic carbocycles. The largest absolute Gasteiger partial charge is 0.298 e. The Hall–Kier alpha value is -1.91. The molecule has 2 aromatic rings. The molecule has 2 aromatic heterocycles. The first-order chi connectivity index (χ1) is 7.70. The van der Waals surface area contributed by atoms with E-state index in [1.54, 1.807) is 12.4 Å². The van der Waals surface area contributed by atoms with Gasteiger partial charge in [-0.15, -0.1) is 0 Å². The molecule has 2 heterocycles. The minimum absolute atomic E-state index is 0.147. The lowest BCUT2D eigenvalue weighted by molar-refractivity contribution is -0.121. The minimum atomic E-state index is -0.180. The van der Waals surface area contributed by atoms with Crippen molar-refractivity contribution in [3.63, 3.8) is 0 Å². The first-order valence-corrected chi connectivity index (χ1v) is 5.22. The molecule has 0 fully saturated rings. The molecule has 0 radical (unpaired) electrons. The lowest BCUT2D eigenvalue weighted by Gasteiger charge is -2.13. The van der Waals surface area contributed by atoms with E-state index in [4.69, 9.17) is 0 Å². The number of nitrogens with zero attached hydrogens (tertiary/aromatic N) is 2. The van der Waals surface area contributed by atoms with Gasteiger partial charge in [-0.25, -0.2) is 0 Å². The van der Waals surface area contributed by atoms with Crippen molar-refractivity contribution >= 4 is 5.78 Å². The smallest absolute Gasteiger partial charge is 0.150 e. The average Bonchev–Trinajstić information content (AvgIpc) is 2.97. The van der Waals surface area contributed by atoms with Crippen LogP contribution in [0.2, 0.25) is 0 Å². The zero-order chi connectivity index (χ0) is 11.5. The van der Waals surface area contributed by atoms with E-state index in [1.165, 1.54) is 0 Å². The molecule has 0 spiro atoms. The third kappa shape index (κ3) is 1.88. The van der Waals surface area contributed by atoms with E-state index in [0.29, 0.717) is 0 Å². The highest BCUT2D eigenvalue weighted by molar-refractivity contribution is 5.90. The monoisotopic (exact) mass is 218 g/mol. The van der Waals surface area contributed by atoms with E-state index in [0.717, 1.165) is 11.4 Å². The summed E-state index contributed by atoms with van der Waals surface area (Å²) in [5.74, 6) is -0.213. The fourth-order valence-corrected chi connectivity index (χ4v) is 1.70. The third-order valence-electron chi connectivity index (χ3n) is 2.83. The molecular weight excluding hydrogens is 204 g/mol. The summed E-state index contributed by atoms with van der Waals surface area (Å²) < 4.78 is 0. The van der Waals surface area contributed by atoms with Gasteiger partial charge in [-0.2, -0.15) is 10.2 Å². The van der Waals surface area contributed by atoms with Crippen LogP contribution in [0.5, 0.6) is 0 Å². The molecule has 2 atom stereocenters. The van der Waals surface area contributed by atoms with E-state index in [1.807, 2.05) is 26.0 Å². The van der Waals surface area contributed by atoms with Crippen LogP contribution in [0.1, 0.15) is 37.1 Å². The minimum Gasteiger partial charge on any atom is -0.298 e. The van der Waals surface area contributed by atoms with Gasteiger partial charge in [-0.1, -0.05) is 0 Å². The van der Waals surface area contributed by atoms with Crippen LogP contribution < -0.4 is 0 Å². The van der Waals surface area contributed by atoms with Gasteiger partial charge in [0.2, 0.25) is 0 Å². The Morgan fingerprint density at radius 1 is 1.06 bits per heavy atom. The van der Waals surface area contributed by atoms with Crippen LogP contribution in [0.3, 0.4) is 0 Å². The number of aromatic nitrogens is 4. The first kappa shape index (κ1) is 10.6. The lowest BCUT2D eigenvalue weighted by atomic mass is 9.91. The molecule has 5 heteroatoms. The molecule has 0 aromatic carbocycles. The van der Waals surface area contributed by atoms with Crippen molar-refractivity contribution in [3.8, 4) is 0 Å². The van der Waals surface area contributed by atoms with Gasteiger partial charge in [-0.3, -0.25) is 15.0 Å². The number of aromatic amines is 2. The number of nitrogens with one attached hydrogen (secondary N) is 2. The molecule has 0 aliphatic rings. The number of carbonyl (C=O) groups is 1. The van der Waals surface area contributed by atoms with E-state index in [2.05, 4.69) is 20.4 Å². The quantitative estimate of drug-likeness (QED) is 0.818. The van der Waals surface area contributed by atoms with Gasteiger partial charge in [-0.05, 0) is 26.0 Å². The Bertz CT molecular complexity index is 404. The predicted octanol–water partition coefficient (Wildman–Crippen LogP) is 1.61. The fraction of sp³-hybridized carbons (Fsp3) is 0.364. The van der Waals surface area contributed by atoms with Crippen molar-refractivity contribution in [2.75, 3.05) is 0 Å². The summed E-state index contributed by atoms with van der Waals surface area (Å²) in [6.45, 7) is 3.76. The van der Waals surface area contributed by atoms with Gasteiger partial charge in [0.05, 0.1) is 11.8 Å². The van der Waals surface area contributed by atoms with Crippen molar-refractivity contribution in [1.29, 1.82) is 0 Å². The van der Waals surface area contributed by atoms with Crippen LogP contribution in [-0.4, -0.2) is 26.2 Å². The Morgan fingerprint density at radius 3 is 1.81 bits per heavy atom. The second-order valence-electron chi connectivity index (χ2n) is 3.87. The maximum absolute atomic E-state index is 12.1. The van der Waals surface area contributed by atoms with Gasteiger partial charge >= 0.3 is 0 Å². The van der Waals surface area contributed by atoms with Crippen molar-refractivity contribution in [1.82, 2.24) is 20.4 Å². The van der Waals surface area contributed by atoms with Crippen molar-refractivity contribution in [3.05, 3.63) is 35.9 Å². The molecule has 2 rings (SSSR count). The van der Waals surface area contributed by atoms with Crippen LogP contribution in [0.25, 0.3) is 0 Å². The number of H-pyrrole nitrogens is 2. The normalized spacial score (nSPS) is 14.6. The summed E-state index contributed by atoms with van der Waals surface area (Å²) in [5.41, 5.74) is 1.69. The van der Waals surface area contributed by atoms with E-state index >= 15 is 0 Å². The van der Waals surface area contributed by atoms with Crippen LogP contribution in [0, 0.1) is 0 Å². The van der Waals surface area contributed by atoms with Crippen molar-refractivity contribution in [2.45, 2.75) is 25.7 Å². The number of carbonyl (C=O) groups excluding carboxylic acids is 1. The molecule has 0 bridgehead atoms. The zero-order valence-electron chi connectivity index (χ0n) is 9.27. The Labute approximate surface area is 93.3 Å². The number of rotatable bonds is 4. The molecule has 84 valence electrons. The van der Waals surface area contributed by atoms with Gasteiger partial charge in [0, 0.05) is 23.8 Å². The Balaban J connectivity index is 2.14. The van der Waals surface area contributed by atoms with E-state index in [9.17, 15) is 4.79 Å².